The number of anilines is 3. The van der Waals surface area contributed by atoms with Gasteiger partial charge >= 0.3 is 6.03 Å². The van der Waals surface area contributed by atoms with Crippen molar-refractivity contribution in [2.24, 2.45) is 0 Å². The first kappa shape index (κ1) is 27.1. The number of fused-ring (bicyclic) bond motifs is 1. The Bertz CT molecular complexity index is 1420. The third-order valence-electron chi connectivity index (χ3n) is 6.77. The van der Waals surface area contributed by atoms with Crippen molar-refractivity contribution in [1.82, 2.24) is 4.98 Å². The number of benzene rings is 3. The number of amides is 2. The summed E-state index contributed by atoms with van der Waals surface area (Å²) in [6.07, 6.45) is 0.935. The molecule has 1 heterocycles. The number of nitrogens with zero attached hydrogens (tertiary/aromatic N) is 2. The number of pyridine rings is 1. The minimum absolute atomic E-state index is 0.00327. The maximum Gasteiger partial charge on any atom is 0.323 e. The largest absolute Gasteiger partial charge is 0.385 e. The molecular weight excluding hydrogens is 472 g/mol. The smallest absolute Gasteiger partial charge is 0.323 e. The lowest BCUT2D eigenvalue weighted by Gasteiger charge is -2.21. The van der Waals surface area contributed by atoms with Gasteiger partial charge in [0, 0.05) is 43.9 Å². The first-order chi connectivity index (χ1) is 18.2. The molecule has 1 aromatic heterocycles. The summed E-state index contributed by atoms with van der Waals surface area (Å²) >= 11 is 0. The minimum atomic E-state index is -0.269. The Labute approximate surface area is 226 Å². The van der Waals surface area contributed by atoms with E-state index in [2.05, 4.69) is 60.6 Å². The zero-order valence-electron chi connectivity index (χ0n) is 23.3. The van der Waals surface area contributed by atoms with Crippen LogP contribution in [0.1, 0.15) is 38.3 Å². The van der Waals surface area contributed by atoms with E-state index in [4.69, 9.17) is 9.72 Å². The highest BCUT2D eigenvalue weighted by Crippen LogP contribution is 2.33. The van der Waals surface area contributed by atoms with Crippen LogP contribution in [-0.4, -0.2) is 38.3 Å². The van der Waals surface area contributed by atoms with Gasteiger partial charge in [0.1, 0.15) is 5.82 Å². The molecule has 38 heavy (non-hydrogen) atoms. The maximum absolute atomic E-state index is 13.1. The SMILES string of the molecule is COCCCN(C)c1cccc(-c2ccc(NC(=O)Nc3cc(C(C)(C)C)ccc3C)c3ccccc23)n1. The number of ether oxygens (including phenoxy) is 1. The number of hydrogen-bond acceptors (Lipinski definition) is 4. The predicted octanol–water partition coefficient (Wildman–Crippen LogP) is 7.62. The third-order valence-corrected chi connectivity index (χ3v) is 6.77. The molecule has 0 radical (unpaired) electrons. The number of aryl methyl sites for hydroxylation is 1. The van der Waals surface area contributed by atoms with Gasteiger partial charge in [-0.2, -0.15) is 0 Å². The lowest BCUT2D eigenvalue weighted by Crippen LogP contribution is -2.21. The normalized spacial score (nSPS) is 11.4. The fraction of sp³-hybridized carbons (Fsp3) is 0.312. The number of nitrogens with one attached hydrogen (secondary N) is 2. The van der Waals surface area contributed by atoms with Crippen LogP contribution in [0.5, 0.6) is 0 Å². The quantitative estimate of drug-likeness (QED) is 0.239. The lowest BCUT2D eigenvalue weighted by molar-refractivity contribution is 0.196. The van der Waals surface area contributed by atoms with Crippen molar-refractivity contribution >= 4 is 34.0 Å². The van der Waals surface area contributed by atoms with Gasteiger partial charge in [-0.3, -0.25) is 0 Å². The van der Waals surface area contributed by atoms with Crippen molar-refractivity contribution in [2.45, 2.75) is 39.5 Å². The molecule has 6 heteroatoms. The highest BCUT2D eigenvalue weighted by atomic mass is 16.5. The van der Waals surface area contributed by atoms with Gasteiger partial charge in [0.15, 0.2) is 0 Å². The number of rotatable bonds is 8. The standard InChI is InChI=1S/C32H38N4O2/c1-22-15-16-23(32(2,3)4)21-29(22)35-31(37)34-28-18-17-26(24-11-7-8-12-25(24)28)27-13-9-14-30(33-27)36(5)19-10-20-38-6/h7-9,11-18,21H,10,19-20H2,1-6H3,(H2,34,35,37). The van der Waals surface area contributed by atoms with Crippen LogP contribution in [0.4, 0.5) is 22.0 Å². The summed E-state index contributed by atoms with van der Waals surface area (Å²) in [4.78, 5) is 20.2. The minimum Gasteiger partial charge on any atom is -0.385 e. The number of aromatic nitrogens is 1. The zero-order valence-corrected chi connectivity index (χ0v) is 23.3. The molecular formula is C32H38N4O2. The first-order valence-electron chi connectivity index (χ1n) is 13.1. The first-order valence-corrected chi connectivity index (χ1v) is 13.1. The van der Waals surface area contributed by atoms with Crippen LogP contribution in [0.25, 0.3) is 22.0 Å². The molecule has 0 aliphatic carbocycles. The zero-order chi connectivity index (χ0) is 27.3. The second-order valence-corrected chi connectivity index (χ2v) is 10.7. The summed E-state index contributed by atoms with van der Waals surface area (Å²) in [5.41, 5.74) is 5.66. The highest BCUT2D eigenvalue weighted by molar-refractivity contribution is 6.09. The van der Waals surface area contributed by atoms with Gasteiger partial charge < -0.3 is 20.3 Å². The Morgan fingerprint density at radius 2 is 1.66 bits per heavy atom. The van der Waals surface area contributed by atoms with E-state index in [-0.39, 0.29) is 11.4 Å². The van der Waals surface area contributed by atoms with Crippen LogP contribution < -0.4 is 15.5 Å². The van der Waals surface area contributed by atoms with Crippen molar-refractivity contribution in [2.75, 3.05) is 42.8 Å². The molecule has 0 fully saturated rings. The monoisotopic (exact) mass is 510 g/mol. The molecule has 2 N–H and O–H groups in total. The Morgan fingerprint density at radius 1 is 0.921 bits per heavy atom. The Morgan fingerprint density at radius 3 is 2.39 bits per heavy atom. The average molecular weight is 511 g/mol. The summed E-state index contributed by atoms with van der Waals surface area (Å²) in [5, 5.41) is 8.10. The maximum atomic E-state index is 13.1. The lowest BCUT2D eigenvalue weighted by atomic mass is 9.86. The molecule has 0 aliphatic rings. The van der Waals surface area contributed by atoms with Gasteiger partial charge in [-0.15, -0.1) is 0 Å². The second kappa shape index (κ2) is 11.7. The molecule has 4 aromatic rings. The van der Waals surface area contributed by atoms with E-state index in [9.17, 15) is 4.79 Å². The summed E-state index contributed by atoms with van der Waals surface area (Å²) in [6, 6.07) is 24.1. The Kier molecular flexibility index (Phi) is 8.32. The van der Waals surface area contributed by atoms with Crippen LogP contribution >= 0.6 is 0 Å². The van der Waals surface area contributed by atoms with E-state index in [0.29, 0.717) is 0 Å². The van der Waals surface area contributed by atoms with Gasteiger partial charge in [0.25, 0.3) is 0 Å². The summed E-state index contributed by atoms with van der Waals surface area (Å²) in [5.74, 6) is 0.914. The van der Waals surface area contributed by atoms with Crippen molar-refractivity contribution < 1.29 is 9.53 Å². The number of urea groups is 1. The molecule has 0 atom stereocenters. The molecule has 0 saturated carbocycles. The molecule has 2 amide bonds. The van der Waals surface area contributed by atoms with Crippen LogP contribution in [0, 0.1) is 6.92 Å². The molecule has 0 aliphatic heterocycles. The average Bonchev–Trinajstić information content (AvgIpc) is 2.89. The predicted molar refractivity (Wildman–Crippen MR) is 159 cm³/mol. The molecule has 0 bridgehead atoms. The van der Waals surface area contributed by atoms with Crippen molar-refractivity contribution in [3.8, 4) is 11.3 Å². The van der Waals surface area contributed by atoms with Crippen LogP contribution in [0.3, 0.4) is 0 Å². The molecule has 198 valence electrons. The summed E-state index contributed by atoms with van der Waals surface area (Å²) < 4.78 is 5.18. The number of methoxy groups -OCH3 is 1. The van der Waals surface area contributed by atoms with E-state index in [1.165, 1.54) is 5.56 Å². The molecule has 0 unspecified atom stereocenters. The second-order valence-electron chi connectivity index (χ2n) is 10.7. The fourth-order valence-corrected chi connectivity index (χ4v) is 4.48. The molecule has 4 rings (SSSR count). The van der Waals surface area contributed by atoms with Crippen molar-refractivity contribution in [3.05, 3.63) is 83.9 Å². The Balaban J connectivity index is 1.60. The number of carbonyl (C=O) groups excluding carboxylic acids is 1. The van der Waals surface area contributed by atoms with E-state index in [1.54, 1.807) is 7.11 Å². The molecule has 0 spiro atoms. The van der Waals surface area contributed by atoms with Gasteiger partial charge in [-0.1, -0.05) is 69.3 Å². The molecule has 0 saturated heterocycles. The molecule has 3 aromatic carbocycles. The van der Waals surface area contributed by atoms with Gasteiger partial charge in [0.2, 0.25) is 0 Å². The number of carbonyl (C=O) groups is 1. The van der Waals surface area contributed by atoms with E-state index in [0.717, 1.165) is 64.4 Å². The highest BCUT2D eigenvalue weighted by Gasteiger charge is 2.16. The van der Waals surface area contributed by atoms with Gasteiger partial charge in [-0.05, 0) is 59.5 Å². The fourth-order valence-electron chi connectivity index (χ4n) is 4.48. The van der Waals surface area contributed by atoms with E-state index >= 15 is 0 Å². The van der Waals surface area contributed by atoms with Gasteiger partial charge in [0.05, 0.1) is 11.4 Å². The third kappa shape index (κ3) is 6.32. The van der Waals surface area contributed by atoms with E-state index in [1.807, 2.05) is 62.5 Å². The van der Waals surface area contributed by atoms with Gasteiger partial charge in [-0.25, -0.2) is 9.78 Å². The summed E-state index contributed by atoms with van der Waals surface area (Å²) in [6.45, 7) is 10.1. The van der Waals surface area contributed by atoms with Crippen molar-refractivity contribution in [1.29, 1.82) is 0 Å². The topological polar surface area (TPSA) is 66.5 Å². The van der Waals surface area contributed by atoms with Crippen LogP contribution in [0.15, 0.2) is 72.8 Å². The van der Waals surface area contributed by atoms with Crippen molar-refractivity contribution in [3.63, 3.8) is 0 Å². The number of hydrogen-bond donors (Lipinski definition) is 2. The van der Waals surface area contributed by atoms with Crippen LogP contribution in [-0.2, 0) is 10.2 Å². The Hall–Kier alpha value is -3.90. The van der Waals surface area contributed by atoms with Crippen LogP contribution in [0.2, 0.25) is 0 Å². The summed E-state index contributed by atoms with van der Waals surface area (Å²) in [7, 11) is 3.77. The molecule has 6 nitrogen and oxygen atoms in total. The van der Waals surface area contributed by atoms with E-state index < -0.39 is 0 Å².